The average Bonchev–Trinajstić information content (AvgIpc) is 3.26. The van der Waals surface area contributed by atoms with E-state index in [1.165, 1.54) is 11.1 Å². The van der Waals surface area contributed by atoms with Crippen LogP contribution >= 0.6 is 0 Å². The van der Waals surface area contributed by atoms with E-state index in [2.05, 4.69) is 32.9 Å². The lowest BCUT2D eigenvalue weighted by Crippen LogP contribution is -2.02. The summed E-state index contributed by atoms with van der Waals surface area (Å²) in [6.45, 7) is 11.6. The van der Waals surface area contributed by atoms with Crippen LogP contribution in [0.1, 0.15) is 53.0 Å². The second-order valence-electron chi connectivity index (χ2n) is 7.53. The Kier molecular flexibility index (Phi) is 8.18. The highest BCUT2D eigenvalue weighted by molar-refractivity contribution is 5.42. The molecule has 27 heavy (non-hydrogen) atoms. The molecule has 1 atom stereocenters. The number of hydrogen-bond donors (Lipinski definition) is 0. The molecule has 0 spiro atoms. The molecular weight excluding hydrogens is 336 g/mol. The summed E-state index contributed by atoms with van der Waals surface area (Å²) in [5, 5.41) is 0. The Morgan fingerprint density at radius 1 is 1.11 bits per heavy atom. The topological polar surface area (TPSA) is 31.0 Å². The molecule has 1 aromatic rings. The summed E-state index contributed by atoms with van der Waals surface area (Å²) < 4.78 is 17.4. The van der Waals surface area contributed by atoms with Gasteiger partial charge in [0.05, 0.1) is 11.7 Å². The Hall–Kier alpha value is -2.00. The molecule has 1 heterocycles. The van der Waals surface area contributed by atoms with Crippen molar-refractivity contribution in [3.63, 3.8) is 0 Å². The molecule has 1 fully saturated rings. The molecule has 3 heteroatoms. The molecule has 1 aliphatic rings. The molecule has 148 valence electrons. The van der Waals surface area contributed by atoms with E-state index in [-0.39, 0.29) is 5.60 Å². The van der Waals surface area contributed by atoms with E-state index >= 15 is 0 Å². The van der Waals surface area contributed by atoms with Gasteiger partial charge in [0, 0.05) is 6.07 Å². The van der Waals surface area contributed by atoms with E-state index in [9.17, 15) is 0 Å². The van der Waals surface area contributed by atoms with Crippen LogP contribution in [0.3, 0.4) is 0 Å². The molecule has 0 unspecified atom stereocenters. The largest absolute Gasteiger partial charge is 0.489 e. The van der Waals surface area contributed by atoms with E-state index in [1.54, 1.807) is 0 Å². The van der Waals surface area contributed by atoms with Gasteiger partial charge >= 0.3 is 0 Å². The van der Waals surface area contributed by atoms with Gasteiger partial charge in [-0.3, -0.25) is 0 Å². The van der Waals surface area contributed by atoms with Gasteiger partial charge < -0.3 is 14.2 Å². The van der Waals surface area contributed by atoms with Crippen molar-refractivity contribution >= 4 is 0 Å². The van der Waals surface area contributed by atoms with Crippen molar-refractivity contribution in [2.45, 2.75) is 65.6 Å². The van der Waals surface area contributed by atoms with Gasteiger partial charge in [-0.15, -0.1) is 0 Å². The zero-order valence-electron chi connectivity index (χ0n) is 17.5. The Labute approximate surface area is 164 Å². The first-order valence-corrected chi connectivity index (χ1v) is 9.90. The van der Waals surface area contributed by atoms with Gasteiger partial charge in [-0.05, 0) is 65.5 Å². The Morgan fingerprint density at radius 2 is 1.78 bits per heavy atom. The molecule has 3 nitrogen and oxygen atoms in total. The van der Waals surface area contributed by atoms with Crippen LogP contribution < -0.4 is 9.47 Å². The second-order valence-corrected chi connectivity index (χ2v) is 7.53. The maximum absolute atomic E-state index is 5.96. The number of benzene rings is 1. The smallest absolute Gasteiger partial charge is 0.126 e. The third-order valence-corrected chi connectivity index (χ3v) is 4.83. The molecule has 0 amide bonds. The molecular formula is C24H34O3. The summed E-state index contributed by atoms with van der Waals surface area (Å²) >= 11 is 0. The first-order valence-electron chi connectivity index (χ1n) is 9.90. The number of allylic oxidation sites excluding steroid dienone is 4. The van der Waals surface area contributed by atoms with Crippen molar-refractivity contribution in [1.29, 1.82) is 0 Å². The zero-order valence-corrected chi connectivity index (χ0v) is 17.5. The monoisotopic (exact) mass is 370 g/mol. The highest BCUT2D eigenvalue weighted by Crippen LogP contribution is 2.39. The minimum absolute atomic E-state index is 0.0802. The van der Waals surface area contributed by atoms with Gasteiger partial charge in [0.1, 0.15) is 24.7 Å². The minimum Gasteiger partial charge on any atom is -0.489 e. The van der Waals surface area contributed by atoms with Gasteiger partial charge in [-0.2, -0.15) is 0 Å². The number of ether oxygens (including phenoxy) is 3. The lowest BCUT2D eigenvalue weighted by molar-refractivity contribution is 0.320. The van der Waals surface area contributed by atoms with Crippen molar-refractivity contribution in [2.24, 2.45) is 0 Å². The van der Waals surface area contributed by atoms with E-state index < -0.39 is 0 Å². The van der Waals surface area contributed by atoms with Gasteiger partial charge in [-0.1, -0.05) is 42.0 Å². The van der Waals surface area contributed by atoms with Crippen molar-refractivity contribution in [3.8, 4) is 11.5 Å². The number of hydrogen-bond acceptors (Lipinski definition) is 3. The normalized spacial score (nSPS) is 19.0. The van der Waals surface area contributed by atoms with Crippen molar-refractivity contribution < 1.29 is 14.2 Å². The molecule has 0 bridgehead atoms. The maximum Gasteiger partial charge on any atom is 0.126 e. The van der Waals surface area contributed by atoms with E-state index in [0.717, 1.165) is 30.8 Å². The van der Waals surface area contributed by atoms with Gasteiger partial charge in [-0.25, -0.2) is 0 Å². The maximum atomic E-state index is 5.96. The van der Waals surface area contributed by atoms with Crippen LogP contribution in [-0.4, -0.2) is 24.9 Å². The van der Waals surface area contributed by atoms with Gasteiger partial charge in [0.2, 0.25) is 0 Å². The summed E-state index contributed by atoms with van der Waals surface area (Å²) in [6, 6.07) is 6.12. The summed E-state index contributed by atoms with van der Waals surface area (Å²) in [4.78, 5) is 0. The van der Waals surface area contributed by atoms with Crippen LogP contribution in [-0.2, 0) is 11.2 Å². The zero-order chi connectivity index (χ0) is 19.7. The number of epoxide rings is 1. The summed E-state index contributed by atoms with van der Waals surface area (Å²) in [5.74, 6) is 1.72. The van der Waals surface area contributed by atoms with Gasteiger partial charge in [0.25, 0.3) is 0 Å². The average molecular weight is 371 g/mol. The van der Waals surface area contributed by atoms with E-state index in [4.69, 9.17) is 14.2 Å². The van der Waals surface area contributed by atoms with Crippen LogP contribution in [0.2, 0.25) is 0 Å². The highest BCUT2D eigenvalue weighted by Gasteiger charge is 2.46. The predicted molar refractivity (Wildman–Crippen MR) is 113 cm³/mol. The van der Waals surface area contributed by atoms with Crippen molar-refractivity contribution in [1.82, 2.24) is 0 Å². The lowest BCUT2D eigenvalue weighted by atomic mass is 10.0. The fourth-order valence-corrected chi connectivity index (χ4v) is 2.89. The first kappa shape index (κ1) is 21.3. The third-order valence-electron chi connectivity index (χ3n) is 4.83. The molecule has 1 saturated heterocycles. The molecule has 2 rings (SSSR count). The van der Waals surface area contributed by atoms with Crippen molar-refractivity contribution in [2.75, 3.05) is 13.2 Å². The standard InChI is InChI=1S/C24H34O3/c1-6-8-16-25-21-14-13-20(22(18-21)26-17-9-7-2)12-10-19(3)11-15-23-24(4,5)27-23/h6-10,13-14,18,23H,11-12,15-17H2,1-5H3/b8-6+,9-7+,19-10+/t23-/m0/s1. The molecule has 0 saturated carbocycles. The van der Waals surface area contributed by atoms with Crippen LogP contribution in [0, 0.1) is 0 Å². The predicted octanol–water partition coefficient (Wildman–Crippen LogP) is 6.04. The molecule has 1 aromatic carbocycles. The Morgan fingerprint density at radius 3 is 2.41 bits per heavy atom. The molecule has 0 aliphatic carbocycles. The van der Waals surface area contributed by atoms with E-state index in [1.807, 2.05) is 50.3 Å². The first-order chi connectivity index (χ1) is 13.0. The summed E-state index contributed by atoms with van der Waals surface area (Å²) in [7, 11) is 0. The molecule has 0 aromatic heterocycles. The second kappa shape index (κ2) is 10.4. The van der Waals surface area contributed by atoms with Crippen LogP contribution in [0.5, 0.6) is 11.5 Å². The fourth-order valence-electron chi connectivity index (χ4n) is 2.89. The van der Waals surface area contributed by atoms with Crippen molar-refractivity contribution in [3.05, 3.63) is 59.7 Å². The van der Waals surface area contributed by atoms with Crippen LogP contribution in [0.4, 0.5) is 0 Å². The Balaban J connectivity index is 1.98. The quantitative estimate of drug-likeness (QED) is 0.351. The molecule has 0 N–H and O–H groups in total. The summed E-state index contributed by atoms with van der Waals surface area (Å²) in [6.07, 6.45) is 13.7. The minimum atomic E-state index is 0.0802. The van der Waals surface area contributed by atoms with Gasteiger partial charge in [0.15, 0.2) is 0 Å². The lowest BCUT2D eigenvalue weighted by Gasteiger charge is -2.12. The third kappa shape index (κ3) is 7.26. The highest BCUT2D eigenvalue weighted by atomic mass is 16.6. The Bertz CT molecular complexity index is 683. The van der Waals surface area contributed by atoms with Crippen LogP contribution in [0.25, 0.3) is 0 Å². The SMILES string of the molecule is C/C=C/COc1ccc(C/C=C(\C)CC[C@@H]2OC2(C)C)c(OC/C=C/C)c1. The summed E-state index contributed by atoms with van der Waals surface area (Å²) in [5.41, 5.74) is 2.66. The fraction of sp³-hybridized carbons (Fsp3) is 0.500. The van der Waals surface area contributed by atoms with Crippen LogP contribution in [0.15, 0.2) is 54.2 Å². The molecule has 1 aliphatic heterocycles. The van der Waals surface area contributed by atoms with E-state index in [0.29, 0.717) is 19.3 Å². The number of rotatable bonds is 11. The molecule has 0 radical (unpaired) electrons.